The molecule has 4 rings (SSSR count). The van der Waals surface area contributed by atoms with Gasteiger partial charge in [0.15, 0.2) is 0 Å². The molecule has 0 unspecified atom stereocenters. The van der Waals surface area contributed by atoms with Crippen molar-refractivity contribution in [3.8, 4) is 0 Å². The van der Waals surface area contributed by atoms with E-state index in [1.165, 1.54) is 19.1 Å². The van der Waals surface area contributed by atoms with Crippen LogP contribution in [0.2, 0.25) is 0 Å². The van der Waals surface area contributed by atoms with E-state index in [-0.39, 0.29) is 43.8 Å². The SMILES string of the molecule is C[C@H](NC(=O)C[C@](C)(O)CC(=O)O[C@H](CCNC(=O)/C=C/c1ccccc1)CNC(=O)/C=C/c1ccccc1)c1cccc2ccccc12. The first-order valence-corrected chi connectivity index (χ1v) is 16.3. The van der Waals surface area contributed by atoms with Crippen molar-refractivity contribution >= 4 is 46.6 Å². The number of aliphatic hydroxyl groups is 1. The fraction of sp³-hybridized carbons (Fsp3) is 0.250. The molecule has 0 bridgehead atoms. The number of amides is 3. The Balaban J connectivity index is 1.31. The lowest BCUT2D eigenvalue weighted by molar-refractivity contribution is -0.155. The molecule has 0 aliphatic carbocycles. The zero-order valence-corrected chi connectivity index (χ0v) is 27.8. The molecule has 9 heteroatoms. The summed E-state index contributed by atoms with van der Waals surface area (Å²) in [6.07, 6.45) is 4.76. The highest BCUT2D eigenvalue weighted by molar-refractivity contribution is 5.92. The molecular weight excluding hydrogens is 618 g/mol. The summed E-state index contributed by atoms with van der Waals surface area (Å²) in [6, 6.07) is 32.1. The number of hydrogen-bond acceptors (Lipinski definition) is 6. The van der Waals surface area contributed by atoms with E-state index in [1.54, 1.807) is 12.2 Å². The molecule has 0 aliphatic rings. The summed E-state index contributed by atoms with van der Waals surface area (Å²) in [5.74, 6) is -1.87. The Labute approximate surface area is 287 Å². The van der Waals surface area contributed by atoms with E-state index >= 15 is 0 Å². The summed E-state index contributed by atoms with van der Waals surface area (Å²) in [4.78, 5) is 50.9. The lowest BCUT2D eigenvalue weighted by atomic mass is 9.96. The van der Waals surface area contributed by atoms with Gasteiger partial charge in [0.2, 0.25) is 17.7 Å². The number of esters is 1. The van der Waals surface area contributed by atoms with Crippen LogP contribution in [0.15, 0.2) is 115 Å². The minimum absolute atomic E-state index is 0.0232. The van der Waals surface area contributed by atoms with Crippen molar-refractivity contribution in [1.29, 1.82) is 0 Å². The second-order valence-corrected chi connectivity index (χ2v) is 12.1. The van der Waals surface area contributed by atoms with Gasteiger partial charge in [-0.15, -0.1) is 0 Å². The summed E-state index contributed by atoms with van der Waals surface area (Å²) >= 11 is 0. The largest absolute Gasteiger partial charge is 0.460 e. The van der Waals surface area contributed by atoms with Gasteiger partial charge in [-0.05, 0) is 53.5 Å². The van der Waals surface area contributed by atoms with Gasteiger partial charge in [0, 0.05) is 25.1 Å². The molecule has 0 aliphatic heterocycles. The van der Waals surface area contributed by atoms with E-state index in [4.69, 9.17) is 4.74 Å². The van der Waals surface area contributed by atoms with Crippen molar-refractivity contribution in [3.63, 3.8) is 0 Å². The zero-order valence-electron chi connectivity index (χ0n) is 27.8. The van der Waals surface area contributed by atoms with Gasteiger partial charge in [-0.1, -0.05) is 103 Å². The molecule has 0 saturated heterocycles. The second-order valence-electron chi connectivity index (χ2n) is 12.1. The lowest BCUT2D eigenvalue weighted by Crippen LogP contribution is -2.40. The number of hydrogen-bond donors (Lipinski definition) is 4. The molecule has 0 heterocycles. The highest BCUT2D eigenvalue weighted by Crippen LogP contribution is 2.25. The topological polar surface area (TPSA) is 134 Å². The van der Waals surface area contributed by atoms with Crippen LogP contribution < -0.4 is 16.0 Å². The molecule has 3 atom stereocenters. The summed E-state index contributed by atoms with van der Waals surface area (Å²) in [5, 5.41) is 21.5. The van der Waals surface area contributed by atoms with Gasteiger partial charge in [-0.2, -0.15) is 0 Å². The molecule has 0 spiro atoms. The molecule has 3 amide bonds. The maximum atomic E-state index is 13.0. The van der Waals surface area contributed by atoms with E-state index in [0.29, 0.717) is 0 Å². The molecule has 9 nitrogen and oxygen atoms in total. The molecule has 254 valence electrons. The van der Waals surface area contributed by atoms with Crippen molar-refractivity contribution in [2.45, 2.75) is 50.9 Å². The first kappa shape index (κ1) is 36.3. The Morgan fingerprint density at radius 1 is 0.755 bits per heavy atom. The molecular formula is C40H43N3O6. The second kappa shape index (κ2) is 18.1. The van der Waals surface area contributed by atoms with Crippen LogP contribution in [-0.2, 0) is 23.9 Å². The van der Waals surface area contributed by atoms with Gasteiger partial charge >= 0.3 is 5.97 Å². The van der Waals surface area contributed by atoms with Gasteiger partial charge in [0.1, 0.15) is 6.10 Å². The normalized spacial score (nSPS) is 13.8. The van der Waals surface area contributed by atoms with E-state index < -0.39 is 30.0 Å². The quantitative estimate of drug-likeness (QED) is 0.0925. The Hall–Kier alpha value is -5.54. The summed E-state index contributed by atoms with van der Waals surface area (Å²) in [7, 11) is 0. The van der Waals surface area contributed by atoms with Gasteiger partial charge in [0.05, 0.1) is 31.0 Å². The van der Waals surface area contributed by atoms with E-state index in [1.807, 2.05) is 110 Å². The smallest absolute Gasteiger partial charge is 0.309 e. The Kier molecular flexibility index (Phi) is 13.4. The standard InChI is InChI=1S/C40H43N3O6/c1-29(34-19-11-17-32-16-9-10-18-35(32)34)43-38(46)26-40(2,48)27-39(47)49-33(28-42-37(45)23-21-31-14-7-4-8-15-31)24-25-41-36(44)22-20-30-12-5-3-6-13-30/h3-23,29,33,48H,24-28H2,1-2H3,(H,41,44)(H,42,45)(H,43,46)/b22-20+,23-21+/t29-,33+,40-/m0/s1. The number of nitrogens with one attached hydrogen (secondary N) is 3. The summed E-state index contributed by atoms with van der Waals surface area (Å²) in [5.41, 5.74) is 0.975. The van der Waals surface area contributed by atoms with Gasteiger partial charge in [-0.3, -0.25) is 19.2 Å². The predicted molar refractivity (Wildman–Crippen MR) is 192 cm³/mol. The van der Waals surface area contributed by atoms with E-state index in [2.05, 4.69) is 16.0 Å². The average Bonchev–Trinajstić information content (AvgIpc) is 3.08. The average molecular weight is 662 g/mol. The van der Waals surface area contributed by atoms with Gasteiger partial charge in [-0.25, -0.2) is 0 Å². The van der Waals surface area contributed by atoms with E-state index in [9.17, 15) is 24.3 Å². The van der Waals surface area contributed by atoms with Crippen LogP contribution in [0.5, 0.6) is 0 Å². The van der Waals surface area contributed by atoms with Crippen molar-refractivity contribution in [1.82, 2.24) is 16.0 Å². The molecule has 0 aromatic heterocycles. The van der Waals surface area contributed by atoms with Crippen LogP contribution in [0, 0.1) is 0 Å². The third-order valence-electron chi connectivity index (χ3n) is 7.76. The highest BCUT2D eigenvalue weighted by Gasteiger charge is 2.30. The molecule has 0 radical (unpaired) electrons. The molecule has 0 saturated carbocycles. The maximum absolute atomic E-state index is 13.0. The summed E-state index contributed by atoms with van der Waals surface area (Å²) in [6.45, 7) is 3.41. The minimum Gasteiger partial charge on any atom is -0.460 e. The summed E-state index contributed by atoms with van der Waals surface area (Å²) < 4.78 is 5.65. The van der Waals surface area contributed by atoms with Gasteiger partial charge in [0.25, 0.3) is 0 Å². The first-order valence-electron chi connectivity index (χ1n) is 16.3. The lowest BCUT2D eigenvalue weighted by Gasteiger charge is -2.25. The molecule has 4 N–H and O–H groups in total. The van der Waals surface area contributed by atoms with Crippen LogP contribution in [-0.4, -0.2) is 53.6 Å². The third kappa shape index (κ3) is 12.5. The zero-order chi connectivity index (χ0) is 35.1. The Bertz CT molecular complexity index is 1760. The molecule has 4 aromatic carbocycles. The van der Waals surface area contributed by atoms with Crippen molar-refractivity contribution in [3.05, 3.63) is 132 Å². The number of ether oxygens (including phenoxy) is 1. The van der Waals surface area contributed by atoms with Crippen LogP contribution in [0.25, 0.3) is 22.9 Å². The van der Waals surface area contributed by atoms with Crippen molar-refractivity contribution in [2.75, 3.05) is 13.1 Å². The van der Waals surface area contributed by atoms with Crippen LogP contribution in [0.4, 0.5) is 0 Å². The Morgan fingerprint density at radius 3 is 1.98 bits per heavy atom. The molecule has 49 heavy (non-hydrogen) atoms. The third-order valence-corrected chi connectivity index (χ3v) is 7.76. The number of carbonyl (C=O) groups excluding carboxylic acids is 4. The fourth-order valence-electron chi connectivity index (χ4n) is 5.31. The van der Waals surface area contributed by atoms with Crippen molar-refractivity contribution < 1.29 is 29.0 Å². The predicted octanol–water partition coefficient (Wildman–Crippen LogP) is 5.51. The molecule has 0 fully saturated rings. The number of carbonyl (C=O) groups is 4. The van der Waals surface area contributed by atoms with Crippen LogP contribution in [0.1, 0.15) is 55.8 Å². The maximum Gasteiger partial charge on any atom is 0.309 e. The molecule has 4 aromatic rings. The number of rotatable bonds is 16. The van der Waals surface area contributed by atoms with Crippen molar-refractivity contribution in [2.24, 2.45) is 0 Å². The Morgan fingerprint density at radius 2 is 1.33 bits per heavy atom. The monoisotopic (exact) mass is 661 g/mol. The highest BCUT2D eigenvalue weighted by atomic mass is 16.5. The number of fused-ring (bicyclic) bond motifs is 1. The minimum atomic E-state index is -1.69. The first-order chi connectivity index (χ1) is 23.6. The fourth-order valence-corrected chi connectivity index (χ4v) is 5.31. The van der Waals surface area contributed by atoms with Crippen LogP contribution in [0.3, 0.4) is 0 Å². The van der Waals surface area contributed by atoms with Crippen LogP contribution >= 0.6 is 0 Å². The number of benzene rings is 4. The van der Waals surface area contributed by atoms with E-state index in [0.717, 1.165) is 27.5 Å². The van der Waals surface area contributed by atoms with Gasteiger partial charge < -0.3 is 25.8 Å².